The average molecular weight is 180 g/mol. The van der Waals surface area contributed by atoms with Crippen LogP contribution in [-0.4, -0.2) is 14.8 Å². The van der Waals surface area contributed by atoms with E-state index in [1.54, 1.807) is 6.33 Å². The fourth-order valence-electron chi connectivity index (χ4n) is 1.78. The van der Waals surface area contributed by atoms with E-state index in [9.17, 15) is 0 Å². The number of rotatable bonds is 3. The highest BCUT2D eigenvalue weighted by Gasteiger charge is 2.42. The minimum absolute atomic E-state index is 0.285. The number of aromatic nitrogens is 3. The average Bonchev–Trinajstić information content (AvgIpc) is 2.84. The van der Waals surface area contributed by atoms with Gasteiger partial charge in [0.2, 0.25) is 0 Å². The normalized spacial score (nSPS) is 21.5. The standard InChI is InChI=1S/C9H16N4/c1-3-13-8(11-6-12-13)9(2,10)7-4-5-7/h6-7H,3-5,10H2,1-2H3. The van der Waals surface area contributed by atoms with E-state index in [4.69, 9.17) is 5.73 Å². The maximum absolute atomic E-state index is 6.24. The number of hydrogen-bond donors (Lipinski definition) is 1. The second kappa shape index (κ2) is 2.80. The van der Waals surface area contributed by atoms with Gasteiger partial charge in [-0.1, -0.05) is 0 Å². The Kier molecular flexibility index (Phi) is 1.87. The summed E-state index contributed by atoms with van der Waals surface area (Å²) >= 11 is 0. The highest BCUT2D eigenvalue weighted by atomic mass is 15.3. The zero-order chi connectivity index (χ0) is 9.47. The van der Waals surface area contributed by atoms with Crippen molar-refractivity contribution in [1.29, 1.82) is 0 Å². The molecule has 0 aromatic carbocycles. The van der Waals surface area contributed by atoms with Crippen LogP contribution >= 0.6 is 0 Å². The third-order valence-corrected chi connectivity index (χ3v) is 2.82. The van der Waals surface area contributed by atoms with Crippen molar-refractivity contribution in [2.24, 2.45) is 11.7 Å². The lowest BCUT2D eigenvalue weighted by Gasteiger charge is -2.23. The molecule has 0 radical (unpaired) electrons. The molecule has 1 aromatic heterocycles. The molecule has 72 valence electrons. The van der Waals surface area contributed by atoms with Crippen molar-refractivity contribution in [2.45, 2.75) is 38.8 Å². The Morgan fingerprint density at radius 3 is 2.92 bits per heavy atom. The fourth-order valence-corrected chi connectivity index (χ4v) is 1.78. The molecule has 1 fully saturated rings. The molecule has 1 aliphatic rings. The Morgan fingerprint density at radius 2 is 2.38 bits per heavy atom. The van der Waals surface area contributed by atoms with Crippen molar-refractivity contribution in [2.75, 3.05) is 0 Å². The van der Waals surface area contributed by atoms with Crippen LogP contribution < -0.4 is 5.73 Å². The third kappa shape index (κ3) is 1.35. The van der Waals surface area contributed by atoms with Crippen LogP contribution in [0.5, 0.6) is 0 Å². The van der Waals surface area contributed by atoms with Gasteiger partial charge in [0.15, 0.2) is 0 Å². The van der Waals surface area contributed by atoms with Crippen LogP contribution in [0, 0.1) is 5.92 Å². The first-order valence-corrected chi connectivity index (χ1v) is 4.83. The predicted octanol–water partition coefficient (Wildman–Crippen LogP) is 0.882. The second-order valence-corrected chi connectivity index (χ2v) is 3.96. The van der Waals surface area contributed by atoms with Gasteiger partial charge in [-0.05, 0) is 32.6 Å². The second-order valence-electron chi connectivity index (χ2n) is 3.96. The molecule has 1 aliphatic carbocycles. The Labute approximate surface area is 78.1 Å². The van der Waals surface area contributed by atoms with Gasteiger partial charge in [0.05, 0.1) is 5.54 Å². The molecule has 1 aromatic rings. The molecule has 0 aliphatic heterocycles. The zero-order valence-corrected chi connectivity index (χ0v) is 8.20. The van der Waals surface area contributed by atoms with Crippen LogP contribution in [0.1, 0.15) is 32.5 Å². The molecule has 13 heavy (non-hydrogen) atoms. The SMILES string of the molecule is CCn1ncnc1C(C)(N)C1CC1. The summed E-state index contributed by atoms with van der Waals surface area (Å²) in [4.78, 5) is 4.25. The van der Waals surface area contributed by atoms with E-state index in [2.05, 4.69) is 23.9 Å². The molecule has 1 heterocycles. The predicted molar refractivity (Wildman–Crippen MR) is 50.0 cm³/mol. The lowest BCUT2D eigenvalue weighted by molar-refractivity contribution is 0.374. The van der Waals surface area contributed by atoms with Gasteiger partial charge in [-0.25, -0.2) is 9.67 Å². The van der Waals surface area contributed by atoms with E-state index in [-0.39, 0.29) is 5.54 Å². The van der Waals surface area contributed by atoms with Crippen LogP contribution in [0.2, 0.25) is 0 Å². The molecule has 0 amide bonds. The van der Waals surface area contributed by atoms with Gasteiger partial charge in [-0.15, -0.1) is 0 Å². The molecule has 0 bridgehead atoms. The Bertz CT molecular complexity index is 298. The van der Waals surface area contributed by atoms with Gasteiger partial charge < -0.3 is 5.73 Å². The molecule has 0 spiro atoms. The van der Waals surface area contributed by atoms with E-state index >= 15 is 0 Å². The maximum Gasteiger partial charge on any atom is 0.146 e. The quantitative estimate of drug-likeness (QED) is 0.751. The summed E-state index contributed by atoms with van der Waals surface area (Å²) in [5, 5.41) is 4.14. The highest BCUT2D eigenvalue weighted by molar-refractivity contribution is 5.09. The van der Waals surface area contributed by atoms with Crippen molar-refractivity contribution in [3.63, 3.8) is 0 Å². The molecule has 4 nitrogen and oxygen atoms in total. The molecule has 1 unspecified atom stereocenters. The zero-order valence-electron chi connectivity index (χ0n) is 8.20. The Balaban J connectivity index is 2.32. The van der Waals surface area contributed by atoms with Gasteiger partial charge >= 0.3 is 0 Å². The summed E-state index contributed by atoms with van der Waals surface area (Å²) in [6, 6.07) is 0. The monoisotopic (exact) mass is 180 g/mol. The first-order chi connectivity index (χ1) is 6.16. The van der Waals surface area contributed by atoms with Crippen molar-refractivity contribution < 1.29 is 0 Å². The number of aryl methyl sites for hydroxylation is 1. The van der Waals surface area contributed by atoms with Gasteiger partial charge in [0, 0.05) is 6.54 Å². The van der Waals surface area contributed by atoms with Crippen LogP contribution in [0.3, 0.4) is 0 Å². The summed E-state index contributed by atoms with van der Waals surface area (Å²) in [7, 11) is 0. The minimum atomic E-state index is -0.285. The Morgan fingerprint density at radius 1 is 1.69 bits per heavy atom. The maximum atomic E-state index is 6.24. The van der Waals surface area contributed by atoms with Gasteiger partial charge in [0.25, 0.3) is 0 Å². The fraction of sp³-hybridized carbons (Fsp3) is 0.778. The molecule has 4 heteroatoms. The molecule has 1 atom stereocenters. The van der Waals surface area contributed by atoms with Gasteiger partial charge in [-0.3, -0.25) is 0 Å². The third-order valence-electron chi connectivity index (χ3n) is 2.82. The minimum Gasteiger partial charge on any atom is -0.319 e. The van der Waals surface area contributed by atoms with Crippen LogP contribution in [-0.2, 0) is 12.1 Å². The summed E-state index contributed by atoms with van der Waals surface area (Å²) in [6.07, 6.45) is 4.04. The molecule has 2 rings (SSSR count). The van der Waals surface area contributed by atoms with E-state index < -0.39 is 0 Å². The summed E-state index contributed by atoms with van der Waals surface area (Å²) in [5.74, 6) is 1.53. The first kappa shape index (κ1) is 8.69. The molecular formula is C9H16N4. The smallest absolute Gasteiger partial charge is 0.146 e. The number of nitrogens with zero attached hydrogens (tertiary/aromatic N) is 3. The van der Waals surface area contributed by atoms with Crippen molar-refractivity contribution in [1.82, 2.24) is 14.8 Å². The number of nitrogens with two attached hydrogens (primary N) is 1. The largest absolute Gasteiger partial charge is 0.319 e. The topological polar surface area (TPSA) is 56.7 Å². The molecule has 2 N–H and O–H groups in total. The molecule has 0 saturated heterocycles. The molecular weight excluding hydrogens is 164 g/mol. The van der Waals surface area contributed by atoms with E-state index in [0.29, 0.717) is 5.92 Å². The van der Waals surface area contributed by atoms with Crippen molar-refractivity contribution >= 4 is 0 Å². The summed E-state index contributed by atoms with van der Waals surface area (Å²) in [5.41, 5.74) is 5.96. The van der Waals surface area contributed by atoms with Gasteiger partial charge in [0.1, 0.15) is 12.2 Å². The summed E-state index contributed by atoms with van der Waals surface area (Å²) in [6.45, 7) is 4.96. The molecule has 1 saturated carbocycles. The first-order valence-electron chi connectivity index (χ1n) is 4.83. The van der Waals surface area contributed by atoms with Crippen LogP contribution in [0.15, 0.2) is 6.33 Å². The Hall–Kier alpha value is -0.900. The number of hydrogen-bond acceptors (Lipinski definition) is 3. The van der Waals surface area contributed by atoms with Crippen LogP contribution in [0.25, 0.3) is 0 Å². The highest BCUT2D eigenvalue weighted by Crippen LogP contribution is 2.42. The lowest BCUT2D eigenvalue weighted by atomic mass is 9.96. The van der Waals surface area contributed by atoms with Gasteiger partial charge in [-0.2, -0.15) is 5.10 Å². The van der Waals surface area contributed by atoms with Crippen molar-refractivity contribution in [3.05, 3.63) is 12.2 Å². The van der Waals surface area contributed by atoms with Crippen molar-refractivity contribution in [3.8, 4) is 0 Å². The van der Waals surface area contributed by atoms with Crippen LogP contribution in [0.4, 0.5) is 0 Å². The van der Waals surface area contributed by atoms with E-state index in [1.807, 2.05) is 4.68 Å². The van der Waals surface area contributed by atoms with E-state index in [0.717, 1.165) is 12.4 Å². The van der Waals surface area contributed by atoms with E-state index in [1.165, 1.54) is 12.8 Å². The lowest BCUT2D eigenvalue weighted by Crippen LogP contribution is -2.38. The summed E-state index contributed by atoms with van der Waals surface area (Å²) < 4.78 is 1.89.